The van der Waals surface area contributed by atoms with Crippen LogP contribution in [0.25, 0.3) is 0 Å². The van der Waals surface area contributed by atoms with Crippen molar-refractivity contribution in [3.05, 3.63) is 39.4 Å². The molecule has 2 N–H and O–H groups in total. The van der Waals surface area contributed by atoms with Gasteiger partial charge in [-0.25, -0.2) is 9.18 Å². The van der Waals surface area contributed by atoms with E-state index < -0.39 is 39.9 Å². The Bertz CT molecular complexity index is 462. The zero-order valence-corrected chi connectivity index (χ0v) is 7.55. The first kappa shape index (κ1) is 12.0. The Balaban J connectivity index is 3.31. The lowest BCUT2D eigenvalue weighted by Gasteiger charge is -2.07. The van der Waals surface area contributed by atoms with Gasteiger partial charge in [-0.05, 0) is 6.07 Å². The molecule has 0 amide bonds. The third-order valence-corrected chi connectivity index (χ3v) is 1.79. The summed E-state index contributed by atoms with van der Waals surface area (Å²) in [6.07, 6.45) is -2.27. The van der Waals surface area contributed by atoms with Crippen LogP contribution in [0, 0.1) is 21.7 Å². The van der Waals surface area contributed by atoms with Crippen molar-refractivity contribution >= 4 is 11.7 Å². The average Bonchev–Trinajstić information content (AvgIpc) is 2.19. The van der Waals surface area contributed by atoms with Crippen LogP contribution in [0.5, 0.6) is 0 Å². The lowest BCUT2D eigenvalue weighted by atomic mass is 10.1. The van der Waals surface area contributed by atoms with Crippen LogP contribution in [0.4, 0.5) is 14.5 Å². The predicted octanol–water partition coefficient (Wildman–Crippen LogP) is 0.991. The predicted molar refractivity (Wildman–Crippen MR) is 45.6 cm³/mol. The largest absolute Gasteiger partial charge is 0.479 e. The first-order valence-corrected chi connectivity index (χ1v) is 3.88. The van der Waals surface area contributed by atoms with Crippen LogP contribution in [0.1, 0.15) is 11.7 Å². The minimum absolute atomic E-state index is 0.219. The molecular formula is C8H5F2NO5. The number of carboxylic acid groups (broad SMARTS) is 1. The van der Waals surface area contributed by atoms with E-state index in [2.05, 4.69) is 0 Å². The van der Waals surface area contributed by atoms with E-state index in [1.54, 1.807) is 0 Å². The molecule has 0 radical (unpaired) electrons. The van der Waals surface area contributed by atoms with Crippen molar-refractivity contribution in [1.82, 2.24) is 0 Å². The zero-order valence-electron chi connectivity index (χ0n) is 7.55. The van der Waals surface area contributed by atoms with Crippen LogP contribution in [0.2, 0.25) is 0 Å². The van der Waals surface area contributed by atoms with E-state index in [0.717, 1.165) is 0 Å². The van der Waals surface area contributed by atoms with Gasteiger partial charge in [0.15, 0.2) is 6.10 Å². The number of aliphatic hydroxyl groups is 1. The smallest absolute Gasteiger partial charge is 0.337 e. The number of halogens is 2. The highest BCUT2D eigenvalue weighted by Gasteiger charge is 2.25. The maximum absolute atomic E-state index is 13.1. The third kappa shape index (κ3) is 2.11. The molecule has 1 atom stereocenters. The number of nitro groups is 1. The molecule has 0 saturated carbocycles. The SMILES string of the molecule is O=C(O)[C@H](O)c1cc(F)c([N+](=O)[O-])cc1F. The Kier molecular flexibility index (Phi) is 3.14. The molecule has 6 nitrogen and oxygen atoms in total. The van der Waals surface area contributed by atoms with Gasteiger partial charge in [0.1, 0.15) is 5.82 Å². The number of hydrogen-bond donors (Lipinski definition) is 2. The van der Waals surface area contributed by atoms with Gasteiger partial charge in [0, 0.05) is 5.56 Å². The third-order valence-electron chi connectivity index (χ3n) is 1.79. The lowest BCUT2D eigenvalue weighted by molar-refractivity contribution is -0.387. The number of benzene rings is 1. The van der Waals surface area contributed by atoms with Gasteiger partial charge in [-0.3, -0.25) is 10.1 Å². The monoisotopic (exact) mass is 233 g/mol. The number of nitrogens with zero attached hydrogens (tertiary/aromatic N) is 1. The minimum atomic E-state index is -2.27. The number of carbonyl (C=O) groups is 1. The van der Waals surface area contributed by atoms with Crippen molar-refractivity contribution in [3.63, 3.8) is 0 Å². The van der Waals surface area contributed by atoms with Gasteiger partial charge in [0.2, 0.25) is 5.82 Å². The van der Waals surface area contributed by atoms with Gasteiger partial charge in [-0.1, -0.05) is 0 Å². The van der Waals surface area contributed by atoms with E-state index in [9.17, 15) is 23.7 Å². The van der Waals surface area contributed by atoms with Crippen molar-refractivity contribution < 1.29 is 28.7 Å². The molecule has 0 aliphatic heterocycles. The van der Waals surface area contributed by atoms with Crippen LogP contribution in [-0.2, 0) is 4.79 Å². The number of nitro benzene ring substituents is 1. The number of carboxylic acids is 1. The van der Waals surface area contributed by atoms with E-state index in [4.69, 9.17) is 10.2 Å². The molecule has 1 aromatic carbocycles. The number of aliphatic carboxylic acids is 1. The molecular weight excluding hydrogens is 228 g/mol. The van der Waals surface area contributed by atoms with E-state index in [1.807, 2.05) is 0 Å². The van der Waals surface area contributed by atoms with Crippen LogP contribution in [0.15, 0.2) is 12.1 Å². The Morgan fingerprint density at radius 2 is 1.94 bits per heavy atom. The van der Waals surface area contributed by atoms with Crippen molar-refractivity contribution in [2.24, 2.45) is 0 Å². The number of hydrogen-bond acceptors (Lipinski definition) is 4. The molecule has 0 saturated heterocycles. The van der Waals surface area contributed by atoms with E-state index >= 15 is 0 Å². The number of rotatable bonds is 3. The summed E-state index contributed by atoms with van der Waals surface area (Å²) in [7, 11) is 0. The summed E-state index contributed by atoms with van der Waals surface area (Å²) in [4.78, 5) is 19.4. The fourth-order valence-corrected chi connectivity index (χ4v) is 1.03. The van der Waals surface area contributed by atoms with Crippen LogP contribution < -0.4 is 0 Å². The summed E-state index contributed by atoms with van der Waals surface area (Å²) in [5, 5.41) is 27.5. The molecule has 0 unspecified atom stereocenters. The standard InChI is InChI=1S/C8H5F2NO5/c9-4-2-6(11(15)16)5(10)1-3(4)7(12)8(13)14/h1-2,7,12H,(H,13,14)/t7-/m1/s1. The molecule has 0 aliphatic carbocycles. The second-order valence-corrected chi connectivity index (χ2v) is 2.82. The molecule has 0 bridgehead atoms. The summed E-state index contributed by atoms with van der Waals surface area (Å²) in [6.45, 7) is 0. The van der Waals surface area contributed by atoms with Crippen LogP contribution in [0.3, 0.4) is 0 Å². The molecule has 0 fully saturated rings. The molecule has 0 heterocycles. The Morgan fingerprint density at radius 1 is 1.38 bits per heavy atom. The molecule has 0 aromatic heterocycles. The molecule has 1 rings (SSSR count). The molecule has 0 aliphatic rings. The first-order valence-electron chi connectivity index (χ1n) is 3.88. The Hall–Kier alpha value is -2.09. The van der Waals surface area contributed by atoms with Crippen LogP contribution in [-0.4, -0.2) is 21.1 Å². The zero-order chi connectivity index (χ0) is 12.5. The molecule has 0 spiro atoms. The fraction of sp³-hybridized carbons (Fsp3) is 0.125. The minimum Gasteiger partial charge on any atom is -0.479 e. The van der Waals surface area contributed by atoms with E-state index in [-0.39, 0.29) is 12.1 Å². The normalized spacial score (nSPS) is 12.2. The highest BCUT2D eigenvalue weighted by atomic mass is 19.1. The van der Waals surface area contributed by atoms with E-state index in [0.29, 0.717) is 0 Å². The van der Waals surface area contributed by atoms with Gasteiger partial charge in [-0.15, -0.1) is 0 Å². The lowest BCUT2D eigenvalue weighted by Crippen LogP contribution is -2.13. The summed E-state index contributed by atoms with van der Waals surface area (Å²) < 4.78 is 26.1. The van der Waals surface area contributed by atoms with Crippen LogP contribution >= 0.6 is 0 Å². The summed E-state index contributed by atoms with van der Waals surface area (Å²) in [5.74, 6) is -4.56. The first-order chi connectivity index (χ1) is 7.34. The number of aliphatic hydroxyl groups excluding tert-OH is 1. The van der Waals surface area contributed by atoms with E-state index in [1.165, 1.54) is 0 Å². The summed E-state index contributed by atoms with van der Waals surface area (Å²) >= 11 is 0. The molecule has 1 aromatic rings. The molecule has 16 heavy (non-hydrogen) atoms. The summed E-state index contributed by atoms with van der Waals surface area (Å²) in [6, 6.07) is 0.503. The van der Waals surface area contributed by atoms with Crippen molar-refractivity contribution in [1.29, 1.82) is 0 Å². The van der Waals surface area contributed by atoms with Gasteiger partial charge in [0.25, 0.3) is 0 Å². The van der Waals surface area contributed by atoms with Gasteiger partial charge in [-0.2, -0.15) is 4.39 Å². The highest BCUT2D eigenvalue weighted by molar-refractivity contribution is 5.74. The molecule has 8 heteroatoms. The molecule has 86 valence electrons. The van der Waals surface area contributed by atoms with Crippen molar-refractivity contribution in [2.75, 3.05) is 0 Å². The van der Waals surface area contributed by atoms with Gasteiger partial charge >= 0.3 is 11.7 Å². The fourth-order valence-electron chi connectivity index (χ4n) is 1.03. The highest BCUT2D eigenvalue weighted by Crippen LogP contribution is 2.25. The maximum Gasteiger partial charge on any atom is 0.337 e. The maximum atomic E-state index is 13.1. The Morgan fingerprint density at radius 3 is 2.38 bits per heavy atom. The second-order valence-electron chi connectivity index (χ2n) is 2.82. The summed E-state index contributed by atoms with van der Waals surface area (Å²) in [5.41, 5.74) is -1.99. The second kappa shape index (κ2) is 4.19. The van der Waals surface area contributed by atoms with Gasteiger partial charge in [0.05, 0.1) is 11.0 Å². The van der Waals surface area contributed by atoms with Crippen molar-refractivity contribution in [3.8, 4) is 0 Å². The average molecular weight is 233 g/mol. The topological polar surface area (TPSA) is 101 Å². The van der Waals surface area contributed by atoms with Crippen molar-refractivity contribution in [2.45, 2.75) is 6.10 Å². The quantitative estimate of drug-likeness (QED) is 0.598. The Labute approximate surface area is 86.9 Å². The van der Waals surface area contributed by atoms with Gasteiger partial charge < -0.3 is 10.2 Å².